The molecule has 0 saturated heterocycles. The van der Waals surface area contributed by atoms with Crippen molar-refractivity contribution in [2.75, 3.05) is 13.6 Å². The lowest BCUT2D eigenvalue weighted by Crippen LogP contribution is -2.34. The van der Waals surface area contributed by atoms with Gasteiger partial charge in [-0.05, 0) is 34.1 Å². The van der Waals surface area contributed by atoms with Gasteiger partial charge in [-0.15, -0.1) is 0 Å². The van der Waals surface area contributed by atoms with Gasteiger partial charge in [0, 0.05) is 18.1 Å². The van der Waals surface area contributed by atoms with Crippen LogP contribution in [0.15, 0.2) is 27.6 Å². The van der Waals surface area contributed by atoms with Crippen LogP contribution in [0.3, 0.4) is 0 Å². The quantitative estimate of drug-likeness (QED) is 0.877. The number of carboxylic acid groups (broad SMARTS) is 1. The van der Waals surface area contributed by atoms with Gasteiger partial charge < -0.3 is 5.11 Å². The van der Waals surface area contributed by atoms with E-state index in [0.717, 1.165) is 16.4 Å². The van der Waals surface area contributed by atoms with Crippen molar-refractivity contribution in [2.24, 2.45) is 5.92 Å². The molecule has 0 fully saturated rings. The van der Waals surface area contributed by atoms with Crippen LogP contribution in [0.25, 0.3) is 0 Å². The van der Waals surface area contributed by atoms with Crippen molar-refractivity contribution >= 4 is 31.9 Å². The normalized spacial score (nSPS) is 13.5. The van der Waals surface area contributed by atoms with Crippen molar-refractivity contribution < 1.29 is 22.7 Å². The number of nitrogens with zero attached hydrogens (tertiary/aromatic N) is 1. The molecule has 1 atom stereocenters. The summed E-state index contributed by atoms with van der Waals surface area (Å²) in [6, 6.07) is 3.31. The van der Waals surface area contributed by atoms with Gasteiger partial charge in [-0.3, -0.25) is 4.79 Å². The van der Waals surface area contributed by atoms with Gasteiger partial charge in [0.05, 0.1) is 10.8 Å². The molecule has 0 bridgehead atoms. The predicted molar refractivity (Wildman–Crippen MR) is 70.7 cm³/mol. The van der Waals surface area contributed by atoms with E-state index in [-0.39, 0.29) is 15.9 Å². The van der Waals surface area contributed by atoms with E-state index in [0.29, 0.717) is 0 Å². The summed E-state index contributed by atoms with van der Waals surface area (Å²) >= 11 is 3.04. The maximum atomic E-state index is 13.1. The molecule has 106 valence electrons. The van der Waals surface area contributed by atoms with Gasteiger partial charge in [0.25, 0.3) is 0 Å². The Labute approximate surface area is 119 Å². The topological polar surface area (TPSA) is 74.7 Å². The maximum Gasteiger partial charge on any atom is 0.307 e. The van der Waals surface area contributed by atoms with E-state index in [4.69, 9.17) is 5.11 Å². The Kier molecular flexibility index (Phi) is 5.05. The van der Waals surface area contributed by atoms with Crippen molar-refractivity contribution in [3.05, 3.63) is 28.5 Å². The van der Waals surface area contributed by atoms with Crippen molar-refractivity contribution in [2.45, 2.75) is 11.8 Å². The first kappa shape index (κ1) is 16.1. The molecule has 1 aromatic carbocycles. The average molecular weight is 354 g/mol. The Balaban J connectivity index is 3.10. The highest BCUT2D eigenvalue weighted by molar-refractivity contribution is 9.10. The molecule has 0 aromatic heterocycles. The van der Waals surface area contributed by atoms with E-state index in [1.807, 2.05) is 0 Å². The fraction of sp³-hybridized carbons (Fsp3) is 0.364. The molecule has 1 unspecified atom stereocenters. The third-order valence-electron chi connectivity index (χ3n) is 2.53. The van der Waals surface area contributed by atoms with Crippen molar-refractivity contribution in [1.82, 2.24) is 4.31 Å². The second-order valence-electron chi connectivity index (χ2n) is 4.10. The van der Waals surface area contributed by atoms with E-state index < -0.39 is 27.7 Å². The summed E-state index contributed by atoms with van der Waals surface area (Å²) in [4.78, 5) is 10.5. The minimum absolute atomic E-state index is 0.194. The van der Waals surface area contributed by atoms with Crippen LogP contribution < -0.4 is 0 Å². The number of halogens is 2. The maximum absolute atomic E-state index is 13.1. The molecule has 1 aromatic rings. The molecule has 0 radical (unpaired) electrons. The molecule has 0 aliphatic rings. The smallest absolute Gasteiger partial charge is 0.307 e. The summed E-state index contributed by atoms with van der Waals surface area (Å²) in [7, 11) is -2.68. The van der Waals surface area contributed by atoms with Crippen molar-refractivity contribution in [3.8, 4) is 0 Å². The van der Waals surface area contributed by atoms with Crippen LogP contribution in [-0.4, -0.2) is 37.4 Å². The molecule has 0 aliphatic carbocycles. The highest BCUT2D eigenvalue weighted by Crippen LogP contribution is 2.25. The number of carbonyl (C=O) groups is 1. The van der Waals surface area contributed by atoms with Crippen molar-refractivity contribution in [1.29, 1.82) is 0 Å². The van der Waals surface area contributed by atoms with E-state index >= 15 is 0 Å². The first-order valence-electron chi connectivity index (χ1n) is 5.30. The molecule has 0 spiro atoms. The first-order chi connectivity index (χ1) is 8.66. The van der Waals surface area contributed by atoms with Crippen LogP contribution in [0.1, 0.15) is 6.92 Å². The fourth-order valence-electron chi connectivity index (χ4n) is 1.40. The average Bonchev–Trinajstić information content (AvgIpc) is 2.31. The molecule has 0 heterocycles. The predicted octanol–water partition coefficient (Wildman–Crippen LogP) is 1.93. The largest absolute Gasteiger partial charge is 0.481 e. The molecule has 1 N–H and O–H groups in total. The lowest BCUT2D eigenvalue weighted by Gasteiger charge is -2.20. The minimum Gasteiger partial charge on any atom is -0.481 e. The van der Waals surface area contributed by atoms with Gasteiger partial charge in [-0.1, -0.05) is 6.92 Å². The van der Waals surface area contributed by atoms with Crippen LogP contribution in [-0.2, 0) is 14.8 Å². The highest BCUT2D eigenvalue weighted by Gasteiger charge is 2.26. The zero-order chi connectivity index (χ0) is 14.8. The Hall–Kier alpha value is -0.990. The SMILES string of the molecule is CC(CN(C)S(=O)(=O)c1cc(F)ccc1Br)C(=O)O. The van der Waals surface area contributed by atoms with Gasteiger partial charge in [-0.2, -0.15) is 0 Å². The molecule has 1 rings (SSSR count). The molecular weight excluding hydrogens is 341 g/mol. The van der Waals surface area contributed by atoms with Crippen LogP contribution in [0.5, 0.6) is 0 Å². The molecular formula is C11H13BrFNO4S. The third-order valence-corrected chi connectivity index (χ3v) is 5.35. The number of aliphatic carboxylic acids is 1. The van der Waals surface area contributed by atoms with Gasteiger partial charge in [0.1, 0.15) is 5.82 Å². The molecule has 0 saturated carbocycles. The summed E-state index contributed by atoms with van der Waals surface area (Å²) in [5.41, 5.74) is 0. The van der Waals surface area contributed by atoms with Crippen LogP contribution in [0.2, 0.25) is 0 Å². The molecule has 0 aliphatic heterocycles. The minimum atomic E-state index is -3.94. The van der Waals surface area contributed by atoms with E-state index in [2.05, 4.69) is 15.9 Å². The summed E-state index contributed by atoms with van der Waals surface area (Å²) in [5, 5.41) is 8.78. The zero-order valence-electron chi connectivity index (χ0n) is 10.3. The van der Waals surface area contributed by atoms with Gasteiger partial charge in [0.2, 0.25) is 10.0 Å². The second-order valence-corrected chi connectivity index (χ2v) is 6.97. The summed E-state index contributed by atoms with van der Waals surface area (Å²) in [5.74, 6) is -2.63. The number of benzene rings is 1. The fourth-order valence-corrected chi connectivity index (χ4v) is 3.60. The van der Waals surface area contributed by atoms with Crippen LogP contribution in [0, 0.1) is 11.7 Å². The van der Waals surface area contributed by atoms with Gasteiger partial charge >= 0.3 is 5.97 Å². The van der Waals surface area contributed by atoms with E-state index in [9.17, 15) is 17.6 Å². The Morgan fingerprint density at radius 3 is 2.63 bits per heavy atom. The van der Waals surface area contributed by atoms with E-state index in [1.54, 1.807) is 0 Å². The first-order valence-corrected chi connectivity index (χ1v) is 7.53. The molecule has 19 heavy (non-hydrogen) atoms. The summed E-state index contributed by atoms with van der Waals surface area (Å²) in [6.45, 7) is 1.20. The summed E-state index contributed by atoms with van der Waals surface area (Å²) in [6.07, 6.45) is 0. The molecule has 5 nitrogen and oxygen atoms in total. The number of hydrogen-bond acceptors (Lipinski definition) is 3. The van der Waals surface area contributed by atoms with Gasteiger partial charge in [-0.25, -0.2) is 17.1 Å². The number of rotatable bonds is 5. The van der Waals surface area contributed by atoms with E-state index in [1.165, 1.54) is 20.0 Å². The lowest BCUT2D eigenvalue weighted by molar-refractivity contribution is -0.141. The molecule has 0 amide bonds. The summed E-state index contributed by atoms with van der Waals surface area (Å²) < 4.78 is 38.7. The second kappa shape index (κ2) is 5.98. The van der Waals surface area contributed by atoms with Crippen LogP contribution in [0.4, 0.5) is 4.39 Å². The zero-order valence-corrected chi connectivity index (χ0v) is 12.7. The number of hydrogen-bond donors (Lipinski definition) is 1. The third kappa shape index (κ3) is 3.74. The number of sulfonamides is 1. The van der Waals surface area contributed by atoms with Gasteiger partial charge in [0.15, 0.2) is 0 Å². The lowest BCUT2D eigenvalue weighted by atomic mass is 10.2. The standard InChI is InChI=1S/C11H13BrFNO4S/c1-7(11(15)16)6-14(2)19(17,18)10-5-8(13)3-4-9(10)12/h3-5,7H,6H2,1-2H3,(H,15,16). The van der Waals surface area contributed by atoms with Crippen molar-refractivity contribution in [3.63, 3.8) is 0 Å². The monoisotopic (exact) mass is 353 g/mol. The molecule has 8 heteroatoms. The Morgan fingerprint density at radius 1 is 1.53 bits per heavy atom. The highest BCUT2D eigenvalue weighted by atomic mass is 79.9. The van der Waals surface area contributed by atoms with Crippen LogP contribution >= 0.6 is 15.9 Å². The number of carboxylic acids is 1. The Bertz CT molecular complexity index is 590. The Morgan fingerprint density at radius 2 is 2.11 bits per heavy atom.